The molecule has 0 heterocycles. The fraction of sp³-hybridized carbons (Fsp3) is 0.0952. The molecule has 0 saturated carbocycles. The van der Waals surface area contributed by atoms with Gasteiger partial charge in [-0.15, -0.1) is 0 Å². The number of aryl methyl sites for hydroxylation is 2. The predicted molar refractivity (Wildman–Crippen MR) is 108 cm³/mol. The molecular formula is C21H19FN2O3S. The van der Waals surface area contributed by atoms with E-state index in [1.807, 2.05) is 13.0 Å². The Bertz CT molecular complexity index is 1110. The molecule has 0 fully saturated rings. The van der Waals surface area contributed by atoms with Gasteiger partial charge < -0.3 is 5.32 Å². The number of hydrogen-bond acceptors (Lipinski definition) is 3. The highest BCUT2D eigenvalue weighted by Crippen LogP contribution is 2.21. The first-order chi connectivity index (χ1) is 13.2. The predicted octanol–water partition coefficient (Wildman–Crippen LogP) is 4.50. The molecule has 3 rings (SSSR count). The van der Waals surface area contributed by atoms with E-state index in [1.165, 1.54) is 48.5 Å². The number of carbonyl (C=O) groups is 1. The van der Waals surface area contributed by atoms with E-state index in [0.29, 0.717) is 22.5 Å². The van der Waals surface area contributed by atoms with Crippen molar-refractivity contribution in [3.63, 3.8) is 0 Å². The van der Waals surface area contributed by atoms with Crippen LogP contribution in [0.15, 0.2) is 71.6 Å². The van der Waals surface area contributed by atoms with Gasteiger partial charge in [-0.3, -0.25) is 9.52 Å². The van der Waals surface area contributed by atoms with E-state index in [4.69, 9.17) is 0 Å². The molecule has 0 atom stereocenters. The molecule has 0 spiro atoms. The monoisotopic (exact) mass is 398 g/mol. The lowest BCUT2D eigenvalue weighted by Crippen LogP contribution is -2.15. The molecule has 3 aromatic rings. The first kappa shape index (κ1) is 19.6. The average Bonchev–Trinajstić information content (AvgIpc) is 2.65. The number of hydrogen-bond donors (Lipinski definition) is 2. The van der Waals surface area contributed by atoms with Crippen LogP contribution in [0.1, 0.15) is 21.5 Å². The van der Waals surface area contributed by atoms with Crippen LogP contribution in [0.2, 0.25) is 0 Å². The average molecular weight is 398 g/mol. The lowest BCUT2D eigenvalue weighted by molar-refractivity contribution is 0.102. The van der Waals surface area contributed by atoms with E-state index in [2.05, 4.69) is 10.0 Å². The largest absolute Gasteiger partial charge is 0.322 e. The summed E-state index contributed by atoms with van der Waals surface area (Å²) < 4.78 is 40.7. The first-order valence-electron chi connectivity index (χ1n) is 8.52. The van der Waals surface area contributed by atoms with Crippen LogP contribution in [0.5, 0.6) is 0 Å². The highest BCUT2D eigenvalue weighted by Gasteiger charge is 2.17. The number of carbonyl (C=O) groups excluding carboxylic acids is 1. The number of anilines is 2. The third-order valence-electron chi connectivity index (χ3n) is 4.13. The fourth-order valence-electron chi connectivity index (χ4n) is 2.63. The summed E-state index contributed by atoms with van der Waals surface area (Å²) in [7, 11) is -3.74. The van der Waals surface area contributed by atoms with Crippen LogP contribution in [-0.2, 0) is 10.0 Å². The second kappa shape index (κ2) is 7.82. The Hall–Kier alpha value is -3.19. The molecular weight excluding hydrogens is 379 g/mol. The van der Waals surface area contributed by atoms with Crippen LogP contribution in [-0.4, -0.2) is 14.3 Å². The van der Waals surface area contributed by atoms with E-state index in [0.717, 1.165) is 5.56 Å². The summed E-state index contributed by atoms with van der Waals surface area (Å²) in [5.41, 5.74) is 2.65. The Kier molecular flexibility index (Phi) is 5.46. The zero-order valence-corrected chi connectivity index (χ0v) is 16.2. The molecule has 0 bridgehead atoms. The van der Waals surface area contributed by atoms with Crippen LogP contribution in [0.3, 0.4) is 0 Å². The van der Waals surface area contributed by atoms with Crippen molar-refractivity contribution in [2.45, 2.75) is 18.7 Å². The summed E-state index contributed by atoms with van der Waals surface area (Å²) >= 11 is 0. The standard InChI is InChI=1S/C21H19FN2O3S/c1-14-3-4-15(2)20(13-14)28(26,27)24-19-9-5-16(6-10-19)21(25)23-18-11-7-17(22)8-12-18/h3-13,24H,1-2H3,(H,23,25). The van der Waals surface area contributed by atoms with E-state index in [-0.39, 0.29) is 10.8 Å². The van der Waals surface area contributed by atoms with E-state index >= 15 is 0 Å². The normalized spacial score (nSPS) is 11.1. The minimum Gasteiger partial charge on any atom is -0.322 e. The topological polar surface area (TPSA) is 75.3 Å². The molecule has 144 valence electrons. The van der Waals surface area contributed by atoms with Crippen molar-refractivity contribution in [2.75, 3.05) is 10.0 Å². The van der Waals surface area contributed by atoms with Crippen molar-refractivity contribution in [3.8, 4) is 0 Å². The Balaban J connectivity index is 1.74. The van der Waals surface area contributed by atoms with Gasteiger partial charge in [0.25, 0.3) is 15.9 Å². The van der Waals surface area contributed by atoms with Crippen molar-refractivity contribution < 1.29 is 17.6 Å². The highest BCUT2D eigenvalue weighted by molar-refractivity contribution is 7.92. The second-order valence-corrected chi connectivity index (χ2v) is 8.06. The number of halogens is 1. The molecule has 0 unspecified atom stereocenters. The quantitative estimate of drug-likeness (QED) is 0.665. The molecule has 0 aliphatic rings. The van der Waals surface area contributed by atoms with Crippen LogP contribution < -0.4 is 10.0 Å². The fourth-order valence-corrected chi connectivity index (χ4v) is 4.02. The molecule has 7 heteroatoms. The first-order valence-corrected chi connectivity index (χ1v) is 10.00. The SMILES string of the molecule is Cc1ccc(C)c(S(=O)(=O)Nc2ccc(C(=O)Nc3ccc(F)cc3)cc2)c1. The molecule has 2 N–H and O–H groups in total. The maximum absolute atomic E-state index is 12.9. The van der Waals surface area contributed by atoms with Gasteiger partial charge in [-0.1, -0.05) is 12.1 Å². The highest BCUT2D eigenvalue weighted by atomic mass is 32.2. The summed E-state index contributed by atoms with van der Waals surface area (Å²) in [6.07, 6.45) is 0. The van der Waals surface area contributed by atoms with Gasteiger partial charge in [-0.05, 0) is 79.6 Å². The molecule has 0 aliphatic carbocycles. The summed E-state index contributed by atoms with van der Waals surface area (Å²) in [4.78, 5) is 12.5. The van der Waals surface area contributed by atoms with Gasteiger partial charge in [0.15, 0.2) is 0 Å². The van der Waals surface area contributed by atoms with Crippen LogP contribution in [0.4, 0.5) is 15.8 Å². The molecule has 0 saturated heterocycles. The van der Waals surface area contributed by atoms with Gasteiger partial charge in [-0.25, -0.2) is 12.8 Å². The Labute approximate surface area is 163 Å². The summed E-state index contributed by atoms with van der Waals surface area (Å²) in [5.74, 6) is -0.769. The summed E-state index contributed by atoms with van der Waals surface area (Å²) in [6.45, 7) is 3.56. The van der Waals surface area contributed by atoms with E-state index < -0.39 is 15.8 Å². The summed E-state index contributed by atoms with van der Waals surface area (Å²) in [5, 5.41) is 2.65. The van der Waals surface area contributed by atoms with Gasteiger partial charge in [0, 0.05) is 16.9 Å². The zero-order chi connectivity index (χ0) is 20.3. The molecule has 5 nitrogen and oxygen atoms in total. The van der Waals surface area contributed by atoms with Crippen molar-refractivity contribution in [1.82, 2.24) is 0 Å². The minimum absolute atomic E-state index is 0.214. The third-order valence-corrected chi connectivity index (χ3v) is 5.66. The number of sulfonamides is 1. The van der Waals surface area contributed by atoms with Crippen molar-refractivity contribution in [1.29, 1.82) is 0 Å². The molecule has 3 aromatic carbocycles. The van der Waals surface area contributed by atoms with Gasteiger partial charge >= 0.3 is 0 Å². The number of benzene rings is 3. The smallest absolute Gasteiger partial charge is 0.262 e. The minimum atomic E-state index is -3.74. The molecule has 28 heavy (non-hydrogen) atoms. The molecule has 0 aromatic heterocycles. The maximum atomic E-state index is 12.9. The van der Waals surface area contributed by atoms with Gasteiger partial charge in [0.05, 0.1) is 4.90 Å². The van der Waals surface area contributed by atoms with Crippen molar-refractivity contribution >= 4 is 27.3 Å². The van der Waals surface area contributed by atoms with Gasteiger partial charge in [0.2, 0.25) is 0 Å². The lowest BCUT2D eigenvalue weighted by atomic mass is 10.2. The number of rotatable bonds is 5. The van der Waals surface area contributed by atoms with E-state index in [1.54, 1.807) is 19.1 Å². The number of amides is 1. The van der Waals surface area contributed by atoms with Crippen LogP contribution in [0, 0.1) is 19.7 Å². The lowest BCUT2D eigenvalue weighted by Gasteiger charge is -2.12. The zero-order valence-electron chi connectivity index (χ0n) is 15.4. The second-order valence-electron chi connectivity index (χ2n) is 6.41. The summed E-state index contributed by atoms with van der Waals surface area (Å²) in [6, 6.07) is 16.7. The molecule has 0 aliphatic heterocycles. The van der Waals surface area contributed by atoms with Gasteiger partial charge in [0.1, 0.15) is 5.82 Å². The van der Waals surface area contributed by atoms with Crippen molar-refractivity contribution in [2.24, 2.45) is 0 Å². The van der Waals surface area contributed by atoms with Gasteiger partial charge in [-0.2, -0.15) is 0 Å². The Morgan fingerprint density at radius 1 is 0.857 bits per heavy atom. The Morgan fingerprint density at radius 2 is 1.46 bits per heavy atom. The van der Waals surface area contributed by atoms with Crippen LogP contribution >= 0.6 is 0 Å². The van der Waals surface area contributed by atoms with Crippen LogP contribution in [0.25, 0.3) is 0 Å². The Morgan fingerprint density at radius 3 is 2.11 bits per heavy atom. The maximum Gasteiger partial charge on any atom is 0.262 e. The molecule has 1 amide bonds. The molecule has 0 radical (unpaired) electrons. The van der Waals surface area contributed by atoms with E-state index in [9.17, 15) is 17.6 Å². The number of nitrogens with one attached hydrogen (secondary N) is 2. The third kappa shape index (κ3) is 4.55. The van der Waals surface area contributed by atoms with Crippen molar-refractivity contribution in [3.05, 3.63) is 89.2 Å².